The highest BCUT2D eigenvalue weighted by molar-refractivity contribution is 5.78. The molecule has 0 bridgehead atoms. The molecule has 0 radical (unpaired) electrons. The molecule has 122 valence electrons. The van der Waals surface area contributed by atoms with E-state index >= 15 is 0 Å². The van der Waals surface area contributed by atoms with E-state index in [-0.39, 0.29) is 18.4 Å². The number of rotatable bonds is 7. The lowest BCUT2D eigenvalue weighted by molar-refractivity contribution is -0.136. The molecule has 4 nitrogen and oxygen atoms in total. The second-order valence-corrected chi connectivity index (χ2v) is 6.46. The van der Waals surface area contributed by atoms with Gasteiger partial charge < -0.3 is 9.80 Å². The minimum absolute atomic E-state index is 0.109. The maximum Gasteiger partial charge on any atom is 0.251 e. The Morgan fingerprint density at radius 1 is 1.24 bits per heavy atom. The number of piperidine rings is 1. The molecule has 0 N–H and O–H groups in total. The third-order valence-corrected chi connectivity index (χ3v) is 4.59. The van der Waals surface area contributed by atoms with Crippen LogP contribution in [0.15, 0.2) is 0 Å². The molecule has 2 rings (SSSR count). The fourth-order valence-electron chi connectivity index (χ4n) is 3.05. The number of halogens is 2. The second-order valence-electron chi connectivity index (χ2n) is 6.46. The summed E-state index contributed by atoms with van der Waals surface area (Å²) in [6.07, 6.45) is 1.86. The van der Waals surface area contributed by atoms with Crippen LogP contribution in [-0.4, -0.2) is 79.9 Å². The summed E-state index contributed by atoms with van der Waals surface area (Å²) in [4.78, 5) is 18.2. The zero-order chi connectivity index (χ0) is 15.4. The first-order valence-corrected chi connectivity index (χ1v) is 7.93. The van der Waals surface area contributed by atoms with Crippen LogP contribution >= 0.6 is 0 Å². The van der Waals surface area contributed by atoms with Gasteiger partial charge in [0.15, 0.2) is 0 Å². The van der Waals surface area contributed by atoms with Crippen LogP contribution in [0.4, 0.5) is 8.78 Å². The van der Waals surface area contributed by atoms with Crippen molar-refractivity contribution >= 4 is 5.91 Å². The lowest BCUT2D eigenvalue weighted by Crippen LogP contribution is -2.46. The molecule has 1 unspecified atom stereocenters. The third kappa shape index (κ3) is 5.18. The summed E-state index contributed by atoms with van der Waals surface area (Å²) >= 11 is 0. The molecular weight excluding hydrogens is 276 g/mol. The van der Waals surface area contributed by atoms with Crippen molar-refractivity contribution in [3.63, 3.8) is 0 Å². The number of likely N-dealkylation sites (tertiary alicyclic amines) is 1. The average molecular weight is 303 g/mol. The van der Waals surface area contributed by atoms with Crippen LogP contribution in [0.25, 0.3) is 0 Å². The van der Waals surface area contributed by atoms with Crippen molar-refractivity contribution < 1.29 is 13.6 Å². The number of hydrogen-bond donors (Lipinski definition) is 0. The van der Waals surface area contributed by atoms with Gasteiger partial charge in [-0.25, -0.2) is 8.78 Å². The summed E-state index contributed by atoms with van der Waals surface area (Å²) < 4.78 is 24.9. The number of amides is 1. The first kappa shape index (κ1) is 16.6. The molecule has 1 saturated heterocycles. The molecule has 2 fully saturated rings. The fraction of sp³-hybridized carbons (Fsp3) is 0.933. The highest BCUT2D eigenvalue weighted by Crippen LogP contribution is 2.25. The number of nitrogens with zero attached hydrogens (tertiary/aromatic N) is 3. The Balaban J connectivity index is 1.74. The first-order chi connectivity index (χ1) is 9.97. The minimum atomic E-state index is -2.32. The van der Waals surface area contributed by atoms with Crippen molar-refractivity contribution in [2.75, 3.05) is 46.8 Å². The van der Waals surface area contributed by atoms with Crippen LogP contribution < -0.4 is 0 Å². The molecule has 6 heteroatoms. The SMILES string of the molecule is CN(CCN(C)C1CC1)C(=O)C1CCCN(CC(F)F)C1. The molecule has 1 heterocycles. The van der Waals surface area contributed by atoms with Crippen LogP contribution in [-0.2, 0) is 4.79 Å². The fourth-order valence-corrected chi connectivity index (χ4v) is 3.05. The number of carbonyl (C=O) groups excluding carboxylic acids is 1. The predicted molar refractivity (Wildman–Crippen MR) is 78.5 cm³/mol. The lowest BCUT2D eigenvalue weighted by atomic mass is 9.96. The molecule has 0 spiro atoms. The van der Waals surface area contributed by atoms with E-state index in [9.17, 15) is 13.6 Å². The maximum absolute atomic E-state index is 12.5. The van der Waals surface area contributed by atoms with Crippen molar-refractivity contribution in [2.45, 2.75) is 38.2 Å². The molecule has 1 saturated carbocycles. The summed E-state index contributed by atoms with van der Waals surface area (Å²) in [7, 11) is 3.93. The number of carbonyl (C=O) groups is 1. The normalized spacial score (nSPS) is 23.8. The van der Waals surface area contributed by atoms with Crippen molar-refractivity contribution in [1.29, 1.82) is 0 Å². The summed E-state index contributed by atoms with van der Waals surface area (Å²) in [5.41, 5.74) is 0. The first-order valence-electron chi connectivity index (χ1n) is 7.93. The van der Waals surface area contributed by atoms with E-state index in [1.807, 2.05) is 7.05 Å². The monoisotopic (exact) mass is 303 g/mol. The van der Waals surface area contributed by atoms with Gasteiger partial charge in [-0.3, -0.25) is 9.69 Å². The molecule has 21 heavy (non-hydrogen) atoms. The van der Waals surface area contributed by atoms with Crippen molar-refractivity contribution in [1.82, 2.24) is 14.7 Å². The molecule has 0 aromatic rings. The third-order valence-electron chi connectivity index (χ3n) is 4.59. The van der Waals surface area contributed by atoms with E-state index in [2.05, 4.69) is 11.9 Å². The van der Waals surface area contributed by atoms with Crippen molar-refractivity contribution in [3.8, 4) is 0 Å². The van der Waals surface area contributed by atoms with E-state index in [1.54, 1.807) is 9.80 Å². The predicted octanol–water partition coefficient (Wildman–Crippen LogP) is 1.52. The molecule has 1 atom stereocenters. The van der Waals surface area contributed by atoms with Crippen LogP contribution in [0.2, 0.25) is 0 Å². The van der Waals surface area contributed by atoms with Gasteiger partial charge in [-0.2, -0.15) is 0 Å². The van der Waals surface area contributed by atoms with Gasteiger partial charge >= 0.3 is 0 Å². The van der Waals surface area contributed by atoms with Gasteiger partial charge in [0, 0.05) is 32.7 Å². The minimum Gasteiger partial charge on any atom is -0.344 e. The molecular formula is C15H27F2N3O. The summed E-state index contributed by atoms with van der Waals surface area (Å²) in [6.45, 7) is 2.56. The Bertz CT molecular complexity index is 350. The summed E-state index contributed by atoms with van der Waals surface area (Å²) in [5, 5.41) is 0. The van der Waals surface area contributed by atoms with Crippen LogP contribution in [0.3, 0.4) is 0 Å². The highest BCUT2D eigenvalue weighted by Gasteiger charge is 2.30. The van der Waals surface area contributed by atoms with E-state index in [0.717, 1.165) is 25.9 Å². The summed E-state index contributed by atoms with van der Waals surface area (Å²) in [6, 6.07) is 0.699. The van der Waals surface area contributed by atoms with Gasteiger partial charge in [0.25, 0.3) is 6.43 Å². The van der Waals surface area contributed by atoms with Gasteiger partial charge in [-0.1, -0.05) is 0 Å². The van der Waals surface area contributed by atoms with Gasteiger partial charge in [-0.15, -0.1) is 0 Å². The van der Waals surface area contributed by atoms with Gasteiger partial charge in [-0.05, 0) is 39.3 Å². The molecule has 2 aliphatic rings. The smallest absolute Gasteiger partial charge is 0.251 e. The maximum atomic E-state index is 12.5. The molecule has 0 aromatic carbocycles. The van der Waals surface area contributed by atoms with Crippen LogP contribution in [0, 0.1) is 5.92 Å². The number of alkyl halides is 2. The van der Waals surface area contributed by atoms with Gasteiger partial charge in [0.1, 0.15) is 0 Å². The van der Waals surface area contributed by atoms with Crippen LogP contribution in [0.1, 0.15) is 25.7 Å². The number of likely N-dealkylation sites (N-methyl/N-ethyl adjacent to an activating group) is 2. The van der Waals surface area contributed by atoms with E-state index < -0.39 is 6.43 Å². The van der Waals surface area contributed by atoms with Crippen molar-refractivity contribution in [2.24, 2.45) is 5.92 Å². The molecule has 1 aliphatic heterocycles. The topological polar surface area (TPSA) is 26.8 Å². The van der Waals surface area contributed by atoms with Gasteiger partial charge in [0.05, 0.1) is 12.5 Å². The lowest BCUT2D eigenvalue weighted by Gasteiger charge is -2.34. The average Bonchev–Trinajstić information content (AvgIpc) is 3.27. The second kappa shape index (κ2) is 7.49. The van der Waals surface area contributed by atoms with E-state index in [0.29, 0.717) is 19.1 Å². The Hall–Kier alpha value is -0.750. The molecule has 0 aromatic heterocycles. The Kier molecular flexibility index (Phi) is 5.93. The Labute approximate surface area is 126 Å². The Morgan fingerprint density at radius 2 is 1.95 bits per heavy atom. The van der Waals surface area contributed by atoms with Crippen LogP contribution in [0.5, 0.6) is 0 Å². The van der Waals surface area contributed by atoms with Crippen molar-refractivity contribution in [3.05, 3.63) is 0 Å². The summed E-state index contributed by atoms with van der Waals surface area (Å²) in [5.74, 6) is -0.00751. The highest BCUT2D eigenvalue weighted by atomic mass is 19.3. The van der Waals surface area contributed by atoms with E-state index in [4.69, 9.17) is 0 Å². The number of hydrogen-bond acceptors (Lipinski definition) is 3. The Morgan fingerprint density at radius 3 is 2.57 bits per heavy atom. The largest absolute Gasteiger partial charge is 0.344 e. The quantitative estimate of drug-likeness (QED) is 0.713. The molecule has 1 amide bonds. The zero-order valence-corrected chi connectivity index (χ0v) is 13.1. The van der Waals surface area contributed by atoms with Gasteiger partial charge in [0.2, 0.25) is 5.91 Å². The standard InChI is InChI=1S/C15H27F2N3O/c1-18(13-5-6-13)8-9-19(2)15(21)12-4-3-7-20(10-12)11-14(16)17/h12-14H,3-11H2,1-2H3. The van der Waals surface area contributed by atoms with E-state index in [1.165, 1.54) is 12.8 Å². The molecule has 1 aliphatic carbocycles. The zero-order valence-electron chi connectivity index (χ0n) is 13.1.